The van der Waals surface area contributed by atoms with Crippen LogP contribution in [0.2, 0.25) is 0 Å². The van der Waals surface area contributed by atoms with Gasteiger partial charge in [0.2, 0.25) is 0 Å². The highest BCUT2D eigenvalue weighted by Gasteiger charge is 2.15. The number of hydrogen-bond donors (Lipinski definition) is 1. The molecule has 0 aliphatic carbocycles. The molecule has 0 fully saturated rings. The molecule has 0 aromatic carbocycles. The summed E-state index contributed by atoms with van der Waals surface area (Å²) in [6.45, 7) is 6.46. The van der Waals surface area contributed by atoms with Gasteiger partial charge in [-0.3, -0.25) is 0 Å². The van der Waals surface area contributed by atoms with Gasteiger partial charge in [0.15, 0.2) is 0 Å². The van der Waals surface area contributed by atoms with E-state index >= 15 is 0 Å². The Morgan fingerprint density at radius 1 is 1.62 bits per heavy atom. The van der Waals surface area contributed by atoms with Crippen LogP contribution in [0.4, 0.5) is 5.00 Å². The monoisotopic (exact) mass is 259 g/mol. The summed E-state index contributed by atoms with van der Waals surface area (Å²) in [5.41, 5.74) is 6.29. The van der Waals surface area contributed by atoms with Crippen molar-refractivity contribution in [2.24, 2.45) is 0 Å². The quantitative estimate of drug-likeness (QED) is 0.825. The topological polar surface area (TPSA) is 52.3 Å². The average molecular weight is 259 g/mol. The molecule has 90 valence electrons. The van der Waals surface area contributed by atoms with E-state index in [9.17, 15) is 4.79 Å². The molecular weight excluding hydrogens is 242 g/mol. The maximum Gasteiger partial charge on any atom is 0.341 e. The number of hydrogen-bond acceptors (Lipinski definition) is 5. The van der Waals surface area contributed by atoms with Crippen LogP contribution >= 0.6 is 23.1 Å². The third-order valence-electron chi connectivity index (χ3n) is 1.87. The molecule has 0 amide bonds. The second-order valence-electron chi connectivity index (χ2n) is 3.57. The fraction of sp³-hybridized carbons (Fsp3) is 0.545. The number of thiophene rings is 1. The number of thioether (sulfide) groups is 1. The largest absolute Gasteiger partial charge is 0.462 e. The van der Waals surface area contributed by atoms with E-state index in [4.69, 9.17) is 10.5 Å². The van der Waals surface area contributed by atoms with E-state index in [2.05, 4.69) is 13.8 Å². The summed E-state index contributed by atoms with van der Waals surface area (Å²) in [6.07, 6.45) is 0. The van der Waals surface area contributed by atoms with Crippen LogP contribution in [0.15, 0.2) is 6.07 Å². The van der Waals surface area contributed by atoms with Gasteiger partial charge < -0.3 is 10.5 Å². The molecule has 1 aromatic heterocycles. The first-order valence-corrected chi connectivity index (χ1v) is 7.08. The summed E-state index contributed by atoms with van der Waals surface area (Å²) in [5.74, 6) is 0.573. The van der Waals surface area contributed by atoms with Gasteiger partial charge >= 0.3 is 5.97 Å². The van der Waals surface area contributed by atoms with Crippen LogP contribution in [-0.4, -0.2) is 17.8 Å². The molecule has 0 saturated heterocycles. The zero-order chi connectivity index (χ0) is 12.1. The van der Waals surface area contributed by atoms with Crippen LogP contribution in [0, 0.1) is 0 Å². The van der Waals surface area contributed by atoms with Crippen LogP contribution in [0.25, 0.3) is 0 Å². The van der Waals surface area contributed by atoms with Crippen molar-refractivity contribution in [3.8, 4) is 0 Å². The molecule has 0 aliphatic heterocycles. The molecule has 2 N–H and O–H groups in total. The van der Waals surface area contributed by atoms with Gasteiger partial charge in [0, 0.05) is 10.6 Å². The second kappa shape index (κ2) is 6.15. The lowest BCUT2D eigenvalue weighted by Crippen LogP contribution is -2.05. The van der Waals surface area contributed by atoms with Gasteiger partial charge in [-0.25, -0.2) is 4.79 Å². The Morgan fingerprint density at radius 2 is 2.31 bits per heavy atom. The van der Waals surface area contributed by atoms with Gasteiger partial charge in [-0.15, -0.1) is 11.3 Å². The minimum atomic E-state index is -0.322. The maximum atomic E-state index is 11.5. The summed E-state index contributed by atoms with van der Waals surface area (Å²) in [7, 11) is 0. The molecule has 0 atom stereocenters. The highest BCUT2D eigenvalue weighted by Crippen LogP contribution is 2.29. The highest BCUT2D eigenvalue weighted by atomic mass is 32.2. The lowest BCUT2D eigenvalue weighted by atomic mass is 10.3. The SMILES string of the molecule is CCOC(=O)c1cc(CSC(C)C)sc1N. The Hall–Kier alpha value is -0.680. The standard InChI is InChI=1S/C11H17NO2S2/c1-4-14-11(13)9-5-8(16-10(9)12)6-15-7(2)3/h5,7H,4,6,12H2,1-3H3. The van der Waals surface area contributed by atoms with Crippen molar-refractivity contribution in [3.05, 3.63) is 16.5 Å². The Labute approximate surface area is 104 Å². The lowest BCUT2D eigenvalue weighted by Gasteiger charge is -2.01. The molecule has 3 nitrogen and oxygen atoms in total. The molecule has 0 bridgehead atoms. The van der Waals surface area contributed by atoms with Gasteiger partial charge in [-0.1, -0.05) is 13.8 Å². The fourth-order valence-corrected chi connectivity index (χ4v) is 2.88. The van der Waals surface area contributed by atoms with Crippen molar-refractivity contribution < 1.29 is 9.53 Å². The van der Waals surface area contributed by atoms with Gasteiger partial charge in [0.25, 0.3) is 0 Å². The molecule has 0 spiro atoms. The van der Waals surface area contributed by atoms with E-state index in [1.54, 1.807) is 6.92 Å². The number of ether oxygens (including phenoxy) is 1. The van der Waals surface area contributed by atoms with E-state index in [-0.39, 0.29) is 5.97 Å². The third kappa shape index (κ3) is 3.72. The van der Waals surface area contributed by atoms with Crippen LogP contribution < -0.4 is 5.73 Å². The summed E-state index contributed by atoms with van der Waals surface area (Å²) in [6, 6.07) is 1.84. The van der Waals surface area contributed by atoms with Crippen molar-refractivity contribution in [3.63, 3.8) is 0 Å². The van der Waals surface area contributed by atoms with E-state index in [0.717, 1.165) is 10.6 Å². The number of carbonyl (C=O) groups is 1. The Balaban J connectivity index is 2.69. The number of anilines is 1. The number of nitrogens with two attached hydrogens (primary N) is 1. The van der Waals surface area contributed by atoms with Crippen LogP contribution in [0.1, 0.15) is 36.0 Å². The van der Waals surface area contributed by atoms with Crippen LogP contribution in [0.5, 0.6) is 0 Å². The Kier molecular flexibility index (Phi) is 5.15. The molecule has 1 rings (SSSR count). The van der Waals surface area contributed by atoms with Crippen molar-refractivity contribution in [1.82, 2.24) is 0 Å². The number of esters is 1. The van der Waals surface area contributed by atoms with Crippen LogP contribution in [-0.2, 0) is 10.5 Å². The summed E-state index contributed by atoms with van der Waals surface area (Å²) in [4.78, 5) is 12.6. The van der Waals surface area contributed by atoms with Crippen molar-refractivity contribution in [2.45, 2.75) is 31.8 Å². The van der Waals surface area contributed by atoms with E-state index in [1.807, 2.05) is 17.8 Å². The third-order valence-corrected chi connectivity index (χ3v) is 4.16. The molecule has 0 aliphatic rings. The first-order chi connectivity index (χ1) is 7.54. The Bertz CT molecular complexity index is 361. The Morgan fingerprint density at radius 3 is 2.88 bits per heavy atom. The molecular formula is C11H17NO2S2. The fourth-order valence-electron chi connectivity index (χ4n) is 1.15. The molecule has 16 heavy (non-hydrogen) atoms. The smallest absolute Gasteiger partial charge is 0.341 e. The number of nitrogen functional groups attached to an aromatic ring is 1. The van der Waals surface area contributed by atoms with Gasteiger partial charge in [0.05, 0.1) is 12.2 Å². The zero-order valence-corrected chi connectivity index (χ0v) is 11.4. The van der Waals surface area contributed by atoms with Gasteiger partial charge in [-0.05, 0) is 18.2 Å². The van der Waals surface area contributed by atoms with E-state index in [0.29, 0.717) is 22.4 Å². The predicted molar refractivity (Wildman–Crippen MR) is 71.1 cm³/mol. The maximum absolute atomic E-state index is 11.5. The summed E-state index contributed by atoms with van der Waals surface area (Å²) < 4.78 is 4.93. The lowest BCUT2D eigenvalue weighted by molar-refractivity contribution is 0.0528. The first kappa shape index (κ1) is 13.4. The predicted octanol–water partition coefficient (Wildman–Crippen LogP) is 3.15. The highest BCUT2D eigenvalue weighted by molar-refractivity contribution is 7.99. The normalized spacial score (nSPS) is 10.8. The molecule has 5 heteroatoms. The van der Waals surface area contributed by atoms with Crippen molar-refractivity contribution in [2.75, 3.05) is 12.3 Å². The van der Waals surface area contributed by atoms with E-state index in [1.165, 1.54) is 11.3 Å². The molecule has 0 radical (unpaired) electrons. The van der Waals surface area contributed by atoms with E-state index < -0.39 is 0 Å². The summed E-state index contributed by atoms with van der Waals surface area (Å²) >= 11 is 3.30. The van der Waals surface area contributed by atoms with Crippen molar-refractivity contribution in [1.29, 1.82) is 0 Å². The second-order valence-corrected chi connectivity index (χ2v) is 6.30. The van der Waals surface area contributed by atoms with Gasteiger partial charge in [-0.2, -0.15) is 11.8 Å². The molecule has 1 heterocycles. The molecule has 0 unspecified atom stereocenters. The summed E-state index contributed by atoms with van der Waals surface area (Å²) in [5, 5.41) is 1.13. The number of carbonyl (C=O) groups excluding carboxylic acids is 1. The minimum Gasteiger partial charge on any atom is -0.462 e. The van der Waals surface area contributed by atoms with Crippen molar-refractivity contribution >= 4 is 34.1 Å². The first-order valence-electron chi connectivity index (χ1n) is 5.21. The average Bonchev–Trinajstić information content (AvgIpc) is 2.57. The molecule has 0 saturated carbocycles. The zero-order valence-electron chi connectivity index (χ0n) is 9.78. The van der Waals surface area contributed by atoms with Crippen LogP contribution in [0.3, 0.4) is 0 Å². The minimum absolute atomic E-state index is 0.322. The number of rotatable bonds is 5. The van der Waals surface area contributed by atoms with Gasteiger partial charge in [0.1, 0.15) is 5.00 Å². The molecule has 1 aromatic rings.